The Morgan fingerprint density at radius 3 is 1.16 bits per heavy atom. The predicted molar refractivity (Wildman–Crippen MR) is 259 cm³/mol. The zero-order valence-electron chi connectivity index (χ0n) is 40.5. The lowest BCUT2D eigenvalue weighted by atomic mass is 9.86. The third-order valence-corrected chi connectivity index (χ3v) is 10.7. The molecule has 0 aliphatic rings. The van der Waals surface area contributed by atoms with Gasteiger partial charge in [-0.3, -0.25) is 9.97 Å². The normalized spacial score (nSPS) is 11.5. The van der Waals surface area contributed by atoms with E-state index in [0.29, 0.717) is 41.4 Å². The minimum absolute atomic E-state index is 0.162. The molecule has 0 aliphatic heterocycles. The van der Waals surface area contributed by atoms with E-state index < -0.39 is 0 Å². The highest BCUT2D eigenvalue weighted by Crippen LogP contribution is 2.25. The van der Waals surface area contributed by atoms with Crippen LogP contribution in [0.4, 0.5) is 0 Å². The third-order valence-electron chi connectivity index (χ3n) is 10.1. The minimum Gasteiger partial charge on any atom is -0.264 e. The Hall–Kier alpha value is -3.63. The summed E-state index contributed by atoms with van der Waals surface area (Å²) in [5.41, 5.74) is 14.4. The van der Waals surface area contributed by atoms with Crippen molar-refractivity contribution in [2.45, 2.75) is 191 Å². The highest BCUT2D eigenvalue weighted by atomic mass is 32.1. The Morgan fingerprint density at radius 2 is 0.845 bits per heavy atom. The maximum atomic E-state index is 4.47. The van der Waals surface area contributed by atoms with Crippen molar-refractivity contribution < 1.29 is 0 Å². The lowest BCUT2D eigenvalue weighted by Gasteiger charge is -2.19. The largest absolute Gasteiger partial charge is 0.264 e. The van der Waals surface area contributed by atoms with Gasteiger partial charge in [-0.2, -0.15) is 0 Å². The van der Waals surface area contributed by atoms with Gasteiger partial charge in [0.1, 0.15) is 0 Å². The number of nitrogens with zero attached hydrogens (tertiary/aromatic N) is 3. The molecule has 5 aromatic rings. The second-order valence-corrected chi connectivity index (χ2v) is 20.5. The average molecular weight is 806 g/mol. The van der Waals surface area contributed by atoms with Crippen LogP contribution in [0.2, 0.25) is 0 Å². The lowest BCUT2D eigenvalue weighted by Crippen LogP contribution is -2.13. The Kier molecular flexibility index (Phi) is 22.7. The number of aromatic nitrogens is 3. The van der Waals surface area contributed by atoms with Gasteiger partial charge in [-0.15, -0.1) is 11.3 Å². The zero-order valence-corrected chi connectivity index (χ0v) is 41.3. The van der Waals surface area contributed by atoms with E-state index in [1.54, 1.807) is 11.3 Å². The number of benzene rings is 2. The molecule has 0 spiro atoms. The molecule has 3 aromatic heterocycles. The molecule has 2 aromatic carbocycles. The molecule has 0 amide bonds. The molecule has 0 fully saturated rings. The maximum Gasteiger partial charge on any atom is 0.0794 e. The summed E-state index contributed by atoms with van der Waals surface area (Å²) in [6, 6.07) is 24.4. The van der Waals surface area contributed by atoms with Gasteiger partial charge in [0.2, 0.25) is 0 Å². The fourth-order valence-corrected chi connectivity index (χ4v) is 6.17. The number of hydrogen-bond donors (Lipinski definition) is 0. The summed E-state index contributed by atoms with van der Waals surface area (Å²) in [5.74, 6) is 4.23. The van der Waals surface area contributed by atoms with Crippen molar-refractivity contribution >= 4 is 11.3 Å². The average Bonchev–Trinajstić information content (AvgIpc) is 3.71. The van der Waals surface area contributed by atoms with Crippen LogP contribution in [-0.4, -0.2) is 15.0 Å². The van der Waals surface area contributed by atoms with E-state index in [-0.39, 0.29) is 10.8 Å². The van der Waals surface area contributed by atoms with E-state index in [2.05, 4.69) is 226 Å². The van der Waals surface area contributed by atoms with Gasteiger partial charge in [-0.25, -0.2) is 4.98 Å². The van der Waals surface area contributed by atoms with Crippen LogP contribution in [0.3, 0.4) is 0 Å². The van der Waals surface area contributed by atoms with Crippen LogP contribution in [0.1, 0.15) is 230 Å². The van der Waals surface area contributed by atoms with Gasteiger partial charge >= 0.3 is 0 Å². The molecule has 4 heteroatoms. The standard InChI is InChI=1S/C13H20.C12H19N.C12H18.C11H17N.C6H9NS/c1-10(2)11-6-8-12(9-7-11)13(3,4)5;1-9(2)10-6-7-11(13-8-10)12(3,4)5;1-9(2)11-6-5-7-12(8-11)10(3)4;1-8(2)10-5-11(9(3)4)7-12-6-10;1-5(2)6-3-8-4-7-6/h6-10H,1-5H3;6-9H,1-5H3;5-10H,1-4H3;5-9H,1-4H3;3-5H,1-2H3. The van der Waals surface area contributed by atoms with Crippen molar-refractivity contribution in [3.8, 4) is 0 Å². The maximum absolute atomic E-state index is 4.47. The molecule has 0 atom stereocenters. The van der Waals surface area contributed by atoms with Crippen LogP contribution in [0.25, 0.3) is 0 Å². The summed E-state index contributed by atoms with van der Waals surface area (Å²) < 4.78 is 0. The summed E-state index contributed by atoms with van der Waals surface area (Å²) in [7, 11) is 0. The summed E-state index contributed by atoms with van der Waals surface area (Å²) in [6.45, 7) is 44.2. The van der Waals surface area contributed by atoms with Gasteiger partial charge < -0.3 is 0 Å². The lowest BCUT2D eigenvalue weighted by molar-refractivity contribution is 0.567. The number of hydrogen-bond acceptors (Lipinski definition) is 4. The number of pyridine rings is 2. The molecule has 0 bridgehead atoms. The fraction of sp³-hybridized carbons (Fsp3) is 0.537. The molecule has 0 aliphatic carbocycles. The smallest absolute Gasteiger partial charge is 0.0794 e. The molecular formula is C54H83N3S. The van der Waals surface area contributed by atoms with E-state index in [9.17, 15) is 0 Å². The van der Waals surface area contributed by atoms with Gasteiger partial charge in [0.15, 0.2) is 0 Å². The van der Waals surface area contributed by atoms with E-state index >= 15 is 0 Å². The van der Waals surface area contributed by atoms with Crippen molar-refractivity contribution in [1.29, 1.82) is 0 Å². The molecule has 5 rings (SSSR count). The third kappa shape index (κ3) is 19.9. The summed E-state index contributed by atoms with van der Waals surface area (Å²) in [4.78, 5) is 12.8. The molecule has 0 N–H and O–H groups in total. The van der Waals surface area contributed by atoms with Crippen LogP contribution >= 0.6 is 11.3 Å². The first-order valence-electron chi connectivity index (χ1n) is 21.8. The minimum atomic E-state index is 0.162. The van der Waals surface area contributed by atoms with Gasteiger partial charge in [0.25, 0.3) is 0 Å². The number of rotatable bonds is 7. The van der Waals surface area contributed by atoms with Crippen LogP contribution in [-0.2, 0) is 10.8 Å². The molecule has 0 radical (unpaired) electrons. The SMILES string of the molecule is CC(C)c1ccc(C(C)(C)C)cc1.CC(C)c1ccc(C(C)(C)C)nc1.CC(C)c1cccc(C(C)C)c1.CC(C)c1cncc(C(C)C)c1.CC(C)c1cscn1. The van der Waals surface area contributed by atoms with Crippen molar-refractivity contribution in [2.24, 2.45) is 0 Å². The van der Waals surface area contributed by atoms with Crippen LogP contribution in [0.15, 0.2) is 96.2 Å². The van der Waals surface area contributed by atoms with Crippen LogP contribution in [0.5, 0.6) is 0 Å². The first-order valence-corrected chi connectivity index (χ1v) is 22.8. The molecular weight excluding hydrogens is 723 g/mol. The molecule has 320 valence electrons. The van der Waals surface area contributed by atoms with Crippen molar-refractivity contribution in [3.63, 3.8) is 0 Å². The molecule has 0 unspecified atom stereocenters. The quantitative estimate of drug-likeness (QED) is 0.164. The monoisotopic (exact) mass is 806 g/mol. The van der Waals surface area contributed by atoms with Crippen LogP contribution in [0, 0.1) is 0 Å². The Balaban J connectivity index is 0.000000365. The Bertz CT molecular complexity index is 1630. The number of thiazole rings is 1. The van der Waals surface area contributed by atoms with Gasteiger partial charge in [-0.1, -0.05) is 199 Å². The second kappa shape index (κ2) is 25.1. The highest BCUT2D eigenvalue weighted by molar-refractivity contribution is 7.07. The van der Waals surface area contributed by atoms with Gasteiger partial charge in [0, 0.05) is 35.1 Å². The van der Waals surface area contributed by atoms with Crippen LogP contribution < -0.4 is 0 Å². The van der Waals surface area contributed by atoms with E-state index in [1.807, 2.05) is 24.1 Å². The van der Waals surface area contributed by atoms with Crippen molar-refractivity contribution in [2.75, 3.05) is 0 Å². The highest BCUT2D eigenvalue weighted by Gasteiger charge is 2.15. The van der Waals surface area contributed by atoms with E-state index in [4.69, 9.17) is 0 Å². The Labute approximate surface area is 362 Å². The molecule has 3 nitrogen and oxygen atoms in total. The molecule has 3 heterocycles. The topological polar surface area (TPSA) is 38.7 Å². The summed E-state index contributed by atoms with van der Waals surface area (Å²) in [6.07, 6.45) is 5.90. The first-order chi connectivity index (χ1) is 26.8. The molecule has 0 saturated heterocycles. The molecule has 58 heavy (non-hydrogen) atoms. The Morgan fingerprint density at radius 1 is 0.414 bits per heavy atom. The van der Waals surface area contributed by atoms with Crippen molar-refractivity contribution in [3.05, 3.63) is 147 Å². The second-order valence-electron chi connectivity index (χ2n) is 19.8. The first kappa shape index (κ1) is 52.4. The molecule has 0 saturated carbocycles. The van der Waals surface area contributed by atoms with E-state index in [0.717, 1.165) is 5.69 Å². The summed E-state index contributed by atoms with van der Waals surface area (Å²) in [5, 5.41) is 2.09. The van der Waals surface area contributed by atoms with Gasteiger partial charge in [-0.05, 0) is 91.9 Å². The van der Waals surface area contributed by atoms with Crippen molar-refractivity contribution in [1.82, 2.24) is 15.0 Å². The van der Waals surface area contributed by atoms with Gasteiger partial charge in [0.05, 0.1) is 11.2 Å². The fourth-order valence-electron chi connectivity index (χ4n) is 5.45. The summed E-state index contributed by atoms with van der Waals surface area (Å²) >= 11 is 1.66. The van der Waals surface area contributed by atoms with E-state index in [1.165, 1.54) is 44.6 Å². The zero-order chi connectivity index (χ0) is 44.4. The predicted octanol–water partition coefficient (Wildman–Crippen LogP) is 17.1.